The molecule has 466 valence electrons. The largest absolute Gasteiger partial charge is 0.472 e. The van der Waals surface area contributed by atoms with Gasteiger partial charge in [-0.25, -0.2) is 4.57 Å². The second-order valence-corrected chi connectivity index (χ2v) is 24.1. The molecule has 3 N–H and O–H groups in total. The van der Waals surface area contributed by atoms with E-state index in [9.17, 15) is 19.0 Å². The molecule has 0 aliphatic heterocycles. The van der Waals surface area contributed by atoms with Crippen molar-refractivity contribution in [3.05, 3.63) is 72.9 Å². The maximum atomic E-state index is 12.8. The Labute approximate surface area is 494 Å². The second-order valence-electron chi connectivity index (χ2n) is 22.7. The molecule has 80 heavy (non-hydrogen) atoms. The van der Waals surface area contributed by atoms with E-state index in [-0.39, 0.29) is 38.6 Å². The Morgan fingerprint density at radius 2 is 0.688 bits per heavy atom. The highest BCUT2D eigenvalue weighted by Crippen LogP contribution is 2.43. The van der Waals surface area contributed by atoms with E-state index in [1.165, 1.54) is 218 Å². The SMILES string of the molecule is CC/C=C\C/C=C\C/C=C\C/C=C\C/C=C\C/C=C\CCCCCCCCCCCCCCCCCCC(=O)OC(COC(=O)CCCCCCCCCCCCCCCCCCCCCCCCCC)COP(=O)(O)OCCN. The number of rotatable bonds is 64. The van der Waals surface area contributed by atoms with Crippen molar-refractivity contribution >= 4 is 19.8 Å². The van der Waals surface area contributed by atoms with Crippen molar-refractivity contribution in [2.75, 3.05) is 26.4 Å². The number of esters is 2. The number of phosphoric ester groups is 1. The summed E-state index contributed by atoms with van der Waals surface area (Å²) in [4.78, 5) is 35.3. The Balaban J connectivity index is 3.86. The first kappa shape index (κ1) is 77.5. The molecule has 0 aliphatic rings. The van der Waals surface area contributed by atoms with E-state index in [1.54, 1.807) is 0 Å². The standard InChI is InChI=1S/C70H128NO8P/c1-3-5-7-9-11-13-15-17-19-21-23-25-27-29-30-31-32-33-34-35-36-37-38-39-41-43-45-47-49-51-53-55-57-59-61-63-70(73)79-68(67-78-80(74,75)77-65-64-71)66-76-69(72)62-60-58-56-54-52-50-48-46-44-42-40-28-26-24-22-20-18-16-14-12-10-8-6-4-2/h5,7,11,13,17,19,23,25,29-30,32-33,68H,3-4,6,8-10,12,14-16,18,20-22,24,26-28,31,34-67,71H2,1-2H3,(H,74,75)/b7-5-,13-11-,19-17-,25-23-,30-29-,33-32-. The van der Waals surface area contributed by atoms with Gasteiger partial charge < -0.3 is 20.1 Å². The van der Waals surface area contributed by atoms with Crippen molar-refractivity contribution < 1.29 is 37.6 Å². The number of ether oxygens (including phenoxy) is 2. The Kier molecular flexibility index (Phi) is 63.5. The molecule has 0 saturated carbocycles. The topological polar surface area (TPSA) is 134 Å². The molecular weight excluding hydrogens is 1010 g/mol. The predicted molar refractivity (Wildman–Crippen MR) is 344 cm³/mol. The number of allylic oxidation sites excluding steroid dienone is 12. The highest BCUT2D eigenvalue weighted by atomic mass is 31.2. The average molecular weight is 1140 g/mol. The lowest BCUT2D eigenvalue weighted by Crippen LogP contribution is -2.29. The number of hydrogen-bond acceptors (Lipinski definition) is 8. The molecule has 0 heterocycles. The van der Waals surface area contributed by atoms with Gasteiger partial charge in [-0.15, -0.1) is 0 Å². The molecule has 0 fully saturated rings. The highest BCUT2D eigenvalue weighted by molar-refractivity contribution is 7.47. The summed E-state index contributed by atoms with van der Waals surface area (Å²) in [6, 6.07) is 0. The number of carbonyl (C=O) groups excluding carboxylic acids is 2. The van der Waals surface area contributed by atoms with Crippen molar-refractivity contribution in [3.8, 4) is 0 Å². The maximum Gasteiger partial charge on any atom is 0.472 e. The maximum absolute atomic E-state index is 12.8. The number of hydrogen-bond donors (Lipinski definition) is 2. The molecule has 9 nitrogen and oxygen atoms in total. The van der Waals surface area contributed by atoms with Gasteiger partial charge in [0, 0.05) is 19.4 Å². The number of phosphoric acid groups is 1. The molecular formula is C70H128NO8P. The summed E-state index contributed by atoms with van der Waals surface area (Å²) in [6.45, 7) is 3.69. The Bertz CT molecular complexity index is 1540. The molecule has 0 aromatic heterocycles. The first-order chi connectivity index (χ1) is 39.3. The van der Waals surface area contributed by atoms with Gasteiger partial charge in [0.25, 0.3) is 0 Å². The molecule has 0 radical (unpaired) electrons. The highest BCUT2D eigenvalue weighted by Gasteiger charge is 2.26. The van der Waals surface area contributed by atoms with Crippen molar-refractivity contribution in [1.29, 1.82) is 0 Å². The Morgan fingerprint density at radius 3 is 1.02 bits per heavy atom. The Morgan fingerprint density at radius 1 is 0.388 bits per heavy atom. The summed E-state index contributed by atoms with van der Waals surface area (Å²) >= 11 is 0. The minimum absolute atomic E-state index is 0.0539. The molecule has 2 unspecified atom stereocenters. The summed E-state index contributed by atoms with van der Waals surface area (Å²) in [5.74, 6) is -0.811. The van der Waals surface area contributed by atoms with E-state index in [1.807, 2.05) is 0 Å². The smallest absolute Gasteiger partial charge is 0.462 e. The fourth-order valence-electron chi connectivity index (χ4n) is 9.88. The van der Waals surface area contributed by atoms with Gasteiger partial charge in [0.1, 0.15) is 6.61 Å². The van der Waals surface area contributed by atoms with Gasteiger partial charge in [0.15, 0.2) is 6.10 Å². The lowest BCUT2D eigenvalue weighted by molar-refractivity contribution is -0.161. The van der Waals surface area contributed by atoms with Gasteiger partial charge >= 0.3 is 19.8 Å². The van der Waals surface area contributed by atoms with Crippen LogP contribution in [0.3, 0.4) is 0 Å². The monoisotopic (exact) mass is 1140 g/mol. The molecule has 0 bridgehead atoms. The number of nitrogens with two attached hydrogens (primary N) is 1. The molecule has 0 amide bonds. The van der Waals surface area contributed by atoms with Crippen LogP contribution in [-0.2, 0) is 32.7 Å². The van der Waals surface area contributed by atoms with E-state index in [0.29, 0.717) is 6.42 Å². The van der Waals surface area contributed by atoms with Crippen LogP contribution < -0.4 is 5.73 Å². The van der Waals surface area contributed by atoms with Crippen LogP contribution in [0.15, 0.2) is 72.9 Å². The third kappa shape index (κ3) is 64.6. The van der Waals surface area contributed by atoms with Crippen LogP contribution in [0.4, 0.5) is 0 Å². The summed E-state index contributed by atoms with van der Waals surface area (Å²) in [6.07, 6.45) is 85.6. The average Bonchev–Trinajstić information content (AvgIpc) is 3.45. The predicted octanol–water partition coefficient (Wildman–Crippen LogP) is 22.0. The zero-order valence-electron chi connectivity index (χ0n) is 52.3. The molecule has 10 heteroatoms. The van der Waals surface area contributed by atoms with E-state index in [4.69, 9.17) is 24.3 Å². The van der Waals surface area contributed by atoms with Crippen molar-refractivity contribution in [2.45, 2.75) is 335 Å². The summed E-state index contributed by atoms with van der Waals surface area (Å²) < 4.78 is 33.2. The Hall–Kier alpha value is -2.55. The van der Waals surface area contributed by atoms with Gasteiger partial charge in [-0.2, -0.15) is 0 Å². The fraction of sp³-hybridized carbons (Fsp3) is 0.800. The summed E-state index contributed by atoms with van der Waals surface area (Å²) in [5.41, 5.74) is 5.40. The van der Waals surface area contributed by atoms with E-state index in [2.05, 4.69) is 86.8 Å². The first-order valence-corrected chi connectivity index (χ1v) is 35.4. The van der Waals surface area contributed by atoms with Crippen LogP contribution in [0.2, 0.25) is 0 Å². The lowest BCUT2D eigenvalue weighted by Gasteiger charge is -2.19. The number of unbranched alkanes of at least 4 members (excludes halogenated alkanes) is 39. The van der Waals surface area contributed by atoms with Crippen LogP contribution in [0.25, 0.3) is 0 Å². The molecule has 0 rings (SSSR count). The van der Waals surface area contributed by atoms with Crippen molar-refractivity contribution in [3.63, 3.8) is 0 Å². The van der Waals surface area contributed by atoms with Gasteiger partial charge in [-0.1, -0.05) is 324 Å². The molecule has 2 atom stereocenters. The van der Waals surface area contributed by atoms with Gasteiger partial charge in [-0.3, -0.25) is 18.6 Å². The molecule has 0 spiro atoms. The van der Waals surface area contributed by atoms with Crippen molar-refractivity contribution in [2.24, 2.45) is 5.73 Å². The van der Waals surface area contributed by atoms with Crippen molar-refractivity contribution in [1.82, 2.24) is 0 Å². The lowest BCUT2D eigenvalue weighted by atomic mass is 10.0. The van der Waals surface area contributed by atoms with Crippen LogP contribution in [0.5, 0.6) is 0 Å². The molecule has 0 aliphatic carbocycles. The third-order valence-corrected chi connectivity index (χ3v) is 15.8. The molecule has 0 aromatic rings. The van der Waals surface area contributed by atoms with Crippen LogP contribution in [0, 0.1) is 0 Å². The van der Waals surface area contributed by atoms with E-state index >= 15 is 0 Å². The second kappa shape index (κ2) is 65.6. The van der Waals surface area contributed by atoms with Crippen LogP contribution >= 0.6 is 7.82 Å². The third-order valence-electron chi connectivity index (χ3n) is 14.9. The molecule has 0 saturated heterocycles. The number of carbonyl (C=O) groups is 2. The normalized spacial score (nSPS) is 13.4. The minimum Gasteiger partial charge on any atom is -0.462 e. The van der Waals surface area contributed by atoms with Crippen LogP contribution in [-0.4, -0.2) is 49.3 Å². The summed E-state index contributed by atoms with van der Waals surface area (Å²) in [5, 5.41) is 0. The van der Waals surface area contributed by atoms with Gasteiger partial charge in [-0.05, 0) is 64.2 Å². The van der Waals surface area contributed by atoms with E-state index < -0.39 is 26.5 Å². The minimum atomic E-state index is -4.39. The zero-order valence-corrected chi connectivity index (χ0v) is 53.2. The van der Waals surface area contributed by atoms with Gasteiger partial charge in [0.05, 0.1) is 13.2 Å². The van der Waals surface area contributed by atoms with Crippen LogP contribution in [0.1, 0.15) is 328 Å². The van der Waals surface area contributed by atoms with Gasteiger partial charge in [0.2, 0.25) is 0 Å². The fourth-order valence-corrected chi connectivity index (χ4v) is 10.6. The first-order valence-electron chi connectivity index (χ1n) is 33.9. The zero-order chi connectivity index (χ0) is 58.0. The summed E-state index contributed by atoms with van der Waals surface area (Å²) in [7, 11) is -4.39. The quantitative estimate of drug-likeness (QED) is 0.0264. The molecule has 0 aromatic carbocycles. The van der Waals surface area contributed by atoms with E-state index in [0.717, 1.165) is 77.0 Å².